The van der Waals surface area contributed by atoms with E-state index >= 15 is 0 Å². The molecule has 1 spiro atoms. The third kappa shape index (κ3) is 2.09. The van der Waals surface area contributed by atoms with Gasteiger partial charge in [-0.3, -0.25) is 4.79 Å². The number of pyridine rings is 1. The number of hydrogen-bond donors (Lipinski definition) is 1. The Balaban J connectivity index is 1.59. The number of likely N-dealkylation sites (tertiary alicyclic amines) is 1. The van der Waals surface area contributed by atoms with Crippen LogP contribution in [0.3, 0.4) is 0 Å². The number of piperidine rings is 1. The van der Waals surface area contributed by atoms with Crippen molar-refractivity contribution in [1.29, 1.82) is 0 Å². The second-order valence-electron chi connectivity index (χ2n) is 6.58. The summed E-state index contributed by atoms with van der Waals surface area (Å²) in [4.78, 5) is 18.8. The van der Waals surface area contributed by atoms with Crippen LogP contribution in [0.2, 0.25) is 0 Å². The zero-order valence-electron chi connectivity index (χ0n) is 12.5. The monoisotopic (exact) mass is 300 g/mol. The molecule has 4 rings (SSSR count). The molecule has 1 amide bonds. The molecule has 1 aliphatic heterocycles. The van der Waals surface area contributed by atoms with Gasteiger partial charge in [0.15, 0.2) is 5.65 Å². The summed E-state index contributed by atoms with van der Waals surface area (Å²) < 4.78 is 1.62. The van der Waals surface area contributed by atoms with E-state index in [1.165, 1.54) is 6.33 Å². The van der Waals surface area contributed by atoms with Gasteiger partial charge in [-0.25, -0.2) is 9.50 Å². The zero-order valence-corrected chi connectivity index (χ0v) is 12.5. The average molecular weight is 300 g/mol. The van der Waals surface area contributed by atoms with E-state index in [4.69, 9.17) is 0 Å². The highest BCUT2D eigenvalue weighted by atomic mass is 16.3. The van der Waals surface area contributed by atoms with E-state index in [1.54, 1.807) is 16.8 Å². The molecule has 0 aromatic carbocycles. The van der Waals surface area contributed by atoms with Crippen LogP contribution in [0.4, 0.5) is 0 Å². The van der Waals surface area contributed by atoms with Crippen LogP contribution in [0.5, 0.6) is 0 Å². The maximum absolute atomic E-state index is 12.8. The molecule has 1 saturated carbocycles. The van der Waals surface area contributed by atoms with Gasteiger partial charge in [-0.2, -0.15) is 5.10 Å². The molecule has 6 heteroatoms. The van der Waals surface area contributed by atoms with E-state index in [0.29, 0.717) is 12.1 Å². The maximum atomic E-state index is 12.8. The van der Waals surface area contributed by atoms with Crippen LogP contribution >= 0.6 is 0 Å². The summed E-state index contributed by atoms with van der Waals surface area (Å²) in [6, 6.07) is 3.61. The average Bonchev–Trinajstić information content (AvgIpc) is 3.14. The largest absolute Gasteiger partial charge is 0.392 e. The lowest BCUT2D eigenvalue weighted by Crippen LogP contribution is -2.49. The third-order valence-corrected chi connectivity index (χ3v) is 5.28. The molecule has 1 aliphatic carbocycles. The van der Waals surface area contributed by atoms with Crippen molar-refractivity contribution < 1.29 is 9.90 Å². The van der Waals surface area contributed by atoms with Gasteiger partial charge >= 0.3 is 0 Å². The molecule has 1 N–H and O–H groups in total. The van der Waals surface area contributed by atoms with Crippen LogP contribution in [0.1, 0.15) is 42.5 Å². The number of rotatable bonds is 1. The minimum Gasteiger partial charge on any atom is -0.392 e. The summed E-state index contributed by atoms with van der Waals surface area (Å²) in [7, 11) is 0. The summed E-state index contributed by atoms with van der Waals surface area (Å²) in [5, 5.41) is 14.4. The Bertz CT molecular complexity index is 713. The normalized spacial score (nSPS) is 28.6. The van der Waals surface area contributed by atoms with E-state index in [9.17, 15) is 9.90 Å². The van der Waals surface area contributed by atoms with Crippen LogP contribution in [0, 0.1) is 5.41 Å². The molecule has 0 unspecified atom stereocenters. The molecule has 2 aromatic heterocycles. The highest BCUT2D eigenvalue weighted by molar-refractivity contribution is 5.94. The summed E-state index contributed by atoms with van der Waals surface area (Å²) in [6.45, 7) is 1.44. The molecule has 2 aliphatic rings. The Labute approximate surface area is 128 Å². The molecule has 3 heterocycles. The van der Waals surface area contributed by atoms with Gasteiger partial charge in [0.05, 0.1) is 11.7 Å². The van der Waals surface area contributed by atoms with Crippen LogP contribution in [0.15, 0.2) is 24.7 Å². The Hall–Kier alpha value is -1.95. The minimum atomic E-state index is -0.263. The summed E-state index contributed by atoms with van der Waals surface area (Å²) in [5.41, 5.74) is 1.28. The van der Waals surface area contributed by atoms with Crippen LogP contribution in [-0.2, 0) is 0 Å². The van der Waals surface area contributed by atoms with Gasteiger partial charge in [0.25, 0.3) is 5.91 Å². The first kappa shape index (κ1) is 13.7. The fourth-order valence-corrected chi connectivity index (χ4v) is 4.06. The number of aliphatic hydroxyl groups excluding tert-OH is 1. The van der Waals surface area contributed by atoms with E-state index in [0.717, 1.165) is 44.3 Å². The first-order chi connectivity index (χ1) is 10.7. The molecular weight excluding hydrogens is 280 g/mol. The Morgan fingerprint density at radius 3 is 3.00 bits per heavy atom. The first-order valence-corrected chi connectivity index (χ1v) is 7.95. The highest BCUT2D eigenvalue weighted by Crippen LogP contribution is 2.45. The number of nitrogens with zero attached hydrogens (tertiary/aromatic N) is 4. The number of hydrogen-bond acceptors (Lipinski definition) is 4. The van der Waals surface area contributed by atoms with E-state index in [1.807, 2.05) is 11.0 Å². The van der Waals surface area contributed by atoms with E-state index in [2.05, 4.69) is 10.1 Å². The maximum Gasteiger partial charge on any atom is 0.255 e. The molecule has 6 nitrogen and oxygen atoms in total. The number of fused-ring (bicyclic) bond motifs is 1. The van der Waals surface area contributed by atoms with Crippen molar-refractivity contribution in [3.63, 3.8) is 0 Å². The lowest BCUT2D eigenvalue weighted by Gasteiger charge is -2.42. The van der Waals surface area contributed by atoms with Crippen molar-refractivity contribution >= 4 is 11.6 Å². The van der Waals surface area contributed by atoms with Crippen LogP contribution in [0.25, 0.3) is 5.65 Å². The summed E-state index contributed by atoms with van der Waals surface area (Å²) >= 11 is 0. The lowest BCUT2D eigenvalue weighted by molar-refractivity contribution is -0.00537. The molecule has 2 fully saturated rings. The highest BCUT2D eigenvalue weighted by Gasteiger charge is 2.45. The number of carbonyl (C=O) groups is 1. The zero-order chi connectivity index (χ0) is 15.2. The van der Waals surface area contributed by atoms with Crippen molar-refractivity contribution in [1.82, 2.24) is 19.5 Å². The van der Waals surface area contributed by atoms with Gasteiger partial charge in [0.1, 0.15) is 6.33 Å². The molecule has 0 bridgehead atoms. The van der Waals surface area contributed by atoms with Gasteiger partial charge in [-0.1, -0.05) is 6.42 Å². The summed E-state index contributed by atoms with van der Waals surface area (Å²) in [6.07, 6.45) is 7.90. The smallest absolute Gasteiger partial charge is 0.255 e. The number of amides is 1. The van der Waals surface area contributed by atoms with Crippen molar-refractivity contribution in [3.05, 3.63) is 30.2 Å². The fraction of sp³-hybridized carbons (Fsp3) is 0.562. The van der Waals surface area contributed by atoms with E-state index < -0.39 is 0 Å². The van der Waals surface area contributed by atoms with Gasteiger partial charge in [0, 0.05) is 24.7 Å². The predicted molar refractivity (Wildman–Crippen MR) is 80.4 cm³/mol. The second kappa shape index (κ2) is 5.05. The number of carbonyl (C=O) groups excluding carboxylic acids is 1. The molecule has 2 aromatic rings. The van der Waals surface area contributed by atoms with Crippen LogP contribution < -0.4 is 0 Å². The SMILES string of the molecule is O=C(c1ccc2ncnn2c1)N1CCC[C@@]2(CCC[C@H]2O)C1. The second-order valence-corrected chi connectivity index (χ2v) is 6.58. The minimum absolute atomic E-state index is 0.0237. The quantitative estimate of drug-likeness (QED) is 0.866. The van der Waals surface area contributed by atoms with E-state index in [-0.39, 0.29) is 17.4 Å². The number of aliphatic hydroxyl groups is 1. The first-order valence-electron chi connectivity index (χ1n) is 7.95. The molecular formula is C16H20N4O2. The lowest BCUT2D eigenvalue weighted by atomic mass is 9.76. The predicted octanol–water partition coefficient (Wildman–Crippen LogP) is 1.50. The van der Waals surface area contributed by atoms with Crippen LogP contribution in [-0.4, -0.2) is 49.7 Å². The fourth-order valence-electron chi connectivity index (χ4n) is 4.06. The summed E-state index contributed by atoms with van der Waals surface area (Å²) in [5.74, 6) is 0.0237. The van der Waals surface area contributed by atoms with Crippen molar-refractivity contribution in [2.24, 2.45) is 5.41 Å². The van der Waals surface area contributed by atoms with Crippen molar-refractivity contribution in [3.8, 4) is 0 Å². The molecule has 22 heavy (non-hydrogen) atoms. The number of aromatic nitrogens is 3. The molecule has 116 valence electrons. The van der Waals surface area contributed by atoms with Gasteiger partial charge in [0.2, 0.25) is 0 Å². The molecule has 1 saturated heterocycles. The third-order valence-electron chi connectivity index (χ3n) is 5.28. The van der Waals surface area contributed by atoms with Gasteiger partial charge in [-0.05, 0) is 37.8 Å². The topological polar surface area (TPSA) is 70.7 Å². The van der Waals surface area contributed by atoms with Crippen molar-refractivity contribution in [2.75, 3.05) is 13.1 Å². The van der Waals surface area contributed by atoms with Gasteiger partial charge in [-0.15, -0.1) is 0 Å². The molecule has 2 atom stereocenters. The Morgan fingerprint density at radius 2 is 2.18 bits per heavy atom. The standard InChI is InChI=1S/C16H20N4O2/c21-13-3-1-6-16(13)7-2-8-19(10-16)15(22)12-4-5-14-17-11-18-20(14)9-12/h4-5,9,11,13,21H,1-3,6-8,10H2/t13-,16+/m1/s1. The Kier molecular flexibility index (Phi) is 3.14. The Morgan fingerprint density at radius 1 is 1.32 bits per heavy atom. The molecule has 0 radical (unpaired) electrons. The van der Waals surface area contributed by atoms with Gasteiger partial charge < -0.3 is 10.0 Å². The van der Waals surface area contributed by atoms with Crippen molar-refractivity contribution in [2.45, 2.75) is 38.2 Å².